The summed E-state index contributed by atoms with van der Waals surface area (Å²) in [6.07, 6.45) is 0. The Hall–Kier alpha value is -1.69. The highest BCUT2D eigenvalue weighted by molar-refractivity contribution is 5.88. The average Bonchev–Trinajstić information content (AvgIpc) is 2.18. The second kappa shape index (κ2) is 4.67. The summed E-state index contributed by atoms with van der Waals surface area (Å²) in [6, 6.07) is 2.08. The maximum absolute atomic E-state index is 13.4. The Morgan fingerprint density at radius 1 is 1.35 bits per heavy atom. The first-order valence-electron chi connectivity index (χ1n) is 4.90. The molecule has 0 spiro atoms. The smallest absolute Gasteiger partial charge is 0.338 e. The molecule has 0 amide bonds. The molecule has 4 nitrogen and oxygen atoms in total. The number of nitrogens with one attached hydrogen (secondary N) is 1. The van der Waals surface area contributed by atoms with Crippen LogP contribution in [-0.4, -0.2) is 28.3 Å². The zero-order valence-corrected chi connectivity index (χ0v) is 9.42. The van der Waals surface area contributed by atoms with Crippen molar-refractivity contribution in [1.82, 2.24) is 0 Å². The molecule has 0 saturated heterocycles. The number of hydrogen-bond donors (Lipinski definition) is 3. The molecule has 0 bridgehead atoms. The first-order chi connectivity index (χ1) is 7.72. The van der Waals surface area contributed by atoms with E-state index in [-0.39, 0.29) is 12.2 Å². The Morgan fingerprint density at radius 2 is 1.94 bits per heavy atom. The lowest BCUT2D eigenvalue weighted by Crippen LogP contribution is -2.29. The van der Waals surface area contributed by atoms with Crippen LogP contribution < -0.4 is 5.32 Å². The average molecular weight is 245 g/mol. The summed E-state index contributed by atoms with van der Waals surface area (Å²) in [5.74, 6) is -4.22. The minimum Gasteiger partial charge on any atom is -0.478 e. The van der Waals surface area contributed by atoms with E-state index < -0.39 is 28.8 Å². The Bertz CT molecular complexity index is 441. The molecule has 1 rings (SSSR count). The molecule has 0 atom stereocenters. The summed E-state index contributed by atoms with van der Waals surface area (Å²) in [4.78, 5) is 10.5. The van der Waals surface area contributed by atoms with E-state index in [4.69, 9.17) is 5.11 Å². The molecule has 6 heteroatoms. The highest BCUT2D eigenvalue weighted by Crippen LogP contribution is 2.21. The molecule has 0 aliphatic carbocycles. The van der Waals surface area contributed by atoms with Gasteiger partial charge in [-0.3, -0.25) is 0 Å². The third-order valence-corrected chi connectivity index (χ3v) is 2.02. The molecule has 1 aromatic carbocycles. The zero-order chi connectivity index (χ0) is 13.2. The van der Waals surface area contributed by atoms with Crippen LogP contribution in [0, 0.1) is 11.6 Å². The van der Waals surface area contributed by atoms with Crippen molar-refractivity contribution in [2.45, 2.75) is 19.4 Å². The monoisotopic (exact) mass is 245 g/mol. The van der Waals surface area contributed by atoms with Gasteiger partial charge in [-0.25, -0.2) is 13.6 Å². The highest BCUT2D eigenvalue weighted by Gasteiger charge is 2.19. The number of anilines is 1. The number of benzene rings is 1. The maximum Gasteiger partial charge on any atom is 0.338 e. The molecule has 0 aliphatic rings. The normalized spacial score (nSPS) is 11.4. The minimum atomic E-state index is -1.53. The van der Waals surface area contributed by atoms with E-state index in [2.05, 4.69) is 5.32 Å². The maximum atomic E-state index is 13.4. The number of aliphatic hydroxyl groups is 1. The summed E-state index contributed by atoms with van der Waals surface area (Å²) in [5, 5.41) is 20.5. The van der Waals surface area contributed by atoms with E-state index in [1.807, 2.05) is 0 Å². The SMILES string of the molecule is CC(C)(O)CNc1ccc(C(=O)O)c(F)c1F. The summed E-state index contributed by atoms with van der Waals surface area (Å²) in [5.41, 5.74) is -2.00. The van der Waals surface area contributed by atoms with E-state index in [1.54, 1.807) is 0 Å². The predicted molar refractivity (Wildman–Crippen MR) is 58.1 cm³/mol. The fourth-order valence-electron chi connectivity index (χ4n) is 1.16. The van der Waals surface area contributed by atoms with E-state index in [0.29, 0.717) is 0 Å². The van der Waals surface area contributed by atoms with Gasteiger partial charge in [0.15, 0.2) is 11.6 Å². The molecule has 0 radical (unpaired) electrons. The molecule has 94 valence electrons. The quantitative estimate of drug-likeness (QED) is 0.757. The molecule has 0 aliphatic heterocycles. The largest absolute Gasteiger partial charge is 0.478 e. The summed E-state index contributed by atoms with van der Waals surface area (Å²) >= 11 is 0. The number of halogens is 2. The first-order valence-corrected chi connectivity index (χ1v) is 4.90. The molecule has 0 heterocycles. The van der Waals surface area contributed by atoms with E-state index in [0.717, 1.165) is 12.1 Å². The molecule has 0 unspecified atom stereocenters. The van der Waals surface area contributed by atoms with Crippen LogP contribution in [0.15, 0.2) is 12.1 Å². The predicted octanol–water partition coefficient (Wildman–Crippen LogP) is 1.85. The van der Waals surface area contributed by atoms with Gasteiger partial charge in [-0.15, -0.1) is 0 Å². The first kappa shape index (κ1) is 13.4. The number of carbonyl (C=O) groups is 1. The fourth-order valence-corrected chi connectivity index (χ4v) is 1.16. The Morgan fingerprint density at radius 3 is 2.41 bits per heavy atom. The molecular weight excluding hydrogens is 232 g/mol. The lowest BCUT2D eigenvalue weighted by molar-refractivity contribution is 0.0690. The number of carboxylic acid groups (broad SMARTS) is 1. The molecule has 0 fully saturated rings. The van der Waals surface area contributed by atoms with Crippen LogP contribution in [0.25, 0.3) is 0 Å². The van der Waals surface area contributed by atoms with Crippen LogP contribution >= 0.6 is 0 Å². The topological polar surface area (TPSA) is 69.6 Å². The minimum absolute atomic E-state index is 0.00970. The third kappa shape index (κ3) is 3.39. The van der Waals surface area contributed by atoms with E-state index in [1.165, 1.54) is 13.8 Å². The molecular formula is C11H13F2NO3. The Kier molecular flexibility index (Phi) is 3.67. The van der Waals surface area contributed by atoms with Crippen LogP contribution in [0.5, 0.6) is 0 Å². The lowest BCUT2D eigenvalue weighted by atomic mass is 10.1. The molecule has 0 aromatic heterocycles. The van der Waals surface area contributed by atoms with Crippen molar-refractivity contribution in [3.05, 3.63) is 29.3 Å². The molecule has 1 aromatic rings. The third-order valence-electron chi connectivity index (χ3n) is 2.02. The second-order valence-corrected chi connectivity index (χ2v) is 4.26. The molecule has 3 N–H and O–H groups in total. The standard InChI is InChI=1S/C11H13F2NO3/c1-11(2,17)5-14-7-4-3-6(10(15)16)8(12)9(7)13/h3-4,14,17H,5H2,1-2H3,(H,15,16). The number of aromatic carboxylic acids is 1. The van der Waals surface area contributed by atoms with Gasteiger partial charge >= 0.3 is 5.97 Å². The van der Waals surface area contributed by atoms with Crippen LogP contribution in [-0.2, 0) is 0 Å². The summed E-state index contributed by atoms with van der Waals surface area (Å²) < 4.78 is 26.7. The van der Waals surface area contributed by atoms with Crippen LogP contribution in [0.4, 0.5) is 14.5 Å². The van der Waals surface area contributed by atoms with Gasteiger partial charge in [-0.05, 0) is 26.0 Å². The van der Waals surface area contributed by atoms with Crippen LogP contribution in [0.2, 0.25) is 0 Å². The van der Waals surface area contributed by atoms with Gasteiger partial charge in [0.1, 0.15) is 0 Å². The van der Waals surface area contributed by atoms with Gasteiger partial charge in [0.05, 0.1) is 16.9 Å². The molecule has 0 saturated carbocycles. The van der Waals surface area contributed by atoms with E-state index >= 15 is 0 Å². The van der Waals surface area contributed by atoms with Crippen molar-refractivity contribution < 1.29 is 23.8 Å². The van der Waals surface area contributed by atoms with Gasteiger partial charge in [0.25, 0.3) is 0 Å². The van der Waals surface area contributed by atoms with Crippen LogP contribution in [0.1, 0.15) is 24.2 Å². The van der Waals surface area contributed by atoms with Crippen LogP contribution in [0.3, 0.4) is 0 Å². The lowest BCUT2D eigenvalue weighted by Gasteiger charge is -2.19. The van der Waals surface area contributed by atoms with Gasteiger partial charge < -0.3 is 15.5 Å². The fraction of sp³-hybridized carbons (Fsp3) is 0.364. The van der Waals surface area contributed by atoms with Crippen molar-refractivity contribution in [3.63, 3.8) is 0 Å². The highest BCUT2D eigenvalue weighted by atomic mass is 19.2. The number of rotatable bonds is 4. The number of hydrogen-bond acceptors (Lipinski definition) is 3. The van der Waals surface area contributed by atoms with Crippen molar-refractivity contribution in [2.24, 2.45) is 0 Å². The summed E-state index contributed by atoms with van der Waals surface area (Å²) in [7, 11) is 0. The van der Waals surface area contributed by atoms with Gasteiger partial charge in [-0.2, -0.15) is 0 Å². The molecule has 17 heavy (non-hydrogen) atoms. The van der Waals surface area contributed by atoms with Crippen molar-refractivity contribution in [1.29, 1.82) is 0 Å². The number of carboxylic acids is 1. The van der Waals surface area contributed by atoms with Crippen molar-refractivity contribution >= 4 is 11.7 Å². The van der Waals surface area contributed by atoms with Gasteiger partial charge in [0.2, 0.25) is 0 Å². The Balaban J connectivity index is 2.97. The van der Waals surface area contributed by atoms with E-state index in [9.17, 15) is 18.7 Å². The summed E-state index contributed by atoms with van der Waals surface area (Å²) in [6.45, 7) is 3.01. The van der Waals surface area contributed by atoms with Crippen molar-refractivity contribution in [2.75, 3.05) is 11.9 Å². The van der Waals surface area contributed by atoms with Crippen molar-refractivity contribution in [3.8, 4) is 0 Å². The van der Waals surface area contributed by atoms with Gasteiger partial charge in [-0.1, -0.05) is 0 Å². The van der Waals surface area contributed by atoms with Gasteiger partial charge in [0, 0.05) is 6.54 Å². The zero-order valence-electron chi connectivity index (χ0n) is 9.42. The Labute approximate surface area is 96.9 Å². The second-order valence-electron chi connectivity index (χ2n) is 4.26.